The molecule has 2 N–H and O–H groups in total. The summed E-state index contributed by atoms with van der Waals surface area (Å²) in [6.45, 7) is 3.71. The summed E-state index contributed by atoms with van der Waals surface area (Å²) >= 11 is 12.2. The monoisotopic (exact) mass is 414 g/mol. The van der Waals surface area contributed by atoms with Crippen LogP contribution in [0.4, 0.5) is 5.69 Å². The number of hydrogen-bond acceptors (Lipinski definition) is 4. The van der Waals surface area contributed by atoms with Gasteiger partial charge >= 0.3 is 11.8 Å². The molecule has 2 aromatic carbocycles. The number of pyridine rings is 1. The van der Waals surface area contributed by atoms with Crippen molar-refractivity contribution < 1.29 is 9.59 Å². The predicted octanol–water partition coefficient (Wildman–Crippen LogP) is 4.25. The van der Waals surface area contributed by atoms with E-state index in [1.165, 1.54) is 6.21 Å². The fraction of sp³-hybridized carbons (Fsp3) is 0.100. The number of hydrazone groups is 1. The Morgan fingerprint density at radius 1 is 1.07 bits per heavy atom. The number of benzene rings is 2. The summed E-state index contributed by atoms with van der Waals surface area (Å²) in [5.74, 6) is -1.78. The fourth-order valence-corrected chi connectivity index (χ4v) is 2.86. The van der Waals surface area contributed by atoms with Crippen LogP contribution in [0.3, 0.4) is 0 Å². The number of rotatable bonds is 3. The van der Waals surface area contributed by atoms with Crippen molar-refractivity contribution in [3.8, 4) is 0 Å². The van der Waals surface area contributed by atoms with E-state index in [2.05, 4.69) is 20.8 Å². The number of hydrogen-bond donors (Lipinski definition) is 2. The summed E-state index contributed by atoms with van der Waals surface area (Å²) in [5.41, 5.74) is 5.64. The van der Waals surface area contributed by atoms with Crippen LogP contribution in [-0.2, 0) is 9.59 Å². The van der Waals surface area contributed by atoms with Crippen molar-refractivity contribution in [3.05, 3.63) is 69.3 Å². The molecule has 1 heterocycles. The maximum Gasteiger partial charge on any atom is 0.329 e. The molecule has 28 heavy (non-hydrogen) atoms. The zero-order chi connectivity index (χ0) is 20.3. The summed E-state index contributed by atoms with van der Waals surface area (Å²) < 4.78 is 0. The third-order valence-electron chi connectivity index (χ3n) is 4.05. The molecule has 0 saturated carbocycles. The highest BCUT2D eigenvalue weighted by atomic mass is 35.5. The number of nitrogens with one attached hydrogen (secondary N) is 2. The van der Waals surface area contributed by atoms with Crippen molar-refractivity contribution in [2.75, 3.05) is 5.32 Å². The van der Waals surface area contributed by atoms with Crippen LogP contribution in [-0.4, -0.2) is 23.0 Å². The van der Waals surface area contributed by atoms with E-state index in [1.807, 2.05) is 25.1 Å². The Labute approximate surface area is 171 Å². The van der Waals surface area contributed by atoms with Crippen molar-refractivity contribution in [3.63, 3.8) is 0 Å². The van der Waals surface area contributed by atoms with Crippen LogP contribution < -0.4 is 10.7 Å². The highest BCUT2D eigenvalue weighted by Gasteiger charge is 2.14. The van der Waals surface area contributed by atoms with E-state index in [0.717, 1.165) is 16.5 Å². The van der Waals surface area contributed by atoms with Gasteiger partial charge in [0.25, 0.3) is 0 Å². The van der Waals surface area contributed by atoms with Gasteiger partial charge in [0.1, 0.15) is 5.15 Å². The molecule has 3 rings (SSSR count). The van der Waals surface area contributed by atoms with Gasteiger partial charge in [-0.15, -0.1) is 0 Å². The van der Waals surface area contributed by atoms with Gasteiger partial charge < -0.3 is 5.32 Å². The van der Waals surface area contributed by atoms with E-state index in [0.29, 0.717) is 21.8 Å². The second-order valence-electron chi connectivity index (χ2n) is 6.13. The van der Waals surface area contributed by atoms with E-state index in [-0.39, 0.29) is 5.15 Å². The molecule has 0 radical (unpaired) electrons. The molecule has 0 spiro atoms. The zero-order valence-corrected chi connectivity index (χ0v) is 16.6. The first-order valence-electron chi connectivity index (χ1n) is 8.31. The summed E-state index contributed by atoms with van der Waals surface area (Å²) in [4.78, 5) is 28.3. The number of carbonyl (C=O) groups excluding carboxylic acids is 2. The Balaban J connectivity index is 1.68. The molecule has 0 saturated heterocycles. The molecule has 142 valence electrons. The minimum atomic E-state index is -0.920. The van der Waals surface area contributed by atoms with E-state index in [1.54, 1.807) is 31.2 Å². The van der Waals surface area contributed by atoms with Gasteiger partial charge in [0.05, 0.1) is 11.7 Å². The summed E-state index contributed by atoms with van der Waals surface area (Å²) in [6.07, 6.45) is 1.34. The van der Waals surface area contributed by atoms with Crippen molar-refractivity contribution in [2.45, 2.75) is 13.8 Å². The van der Waals surface area contributed by atoms with Crippen molar-refractivity contribution in [1.82, 2.24) is 10.4 Å². The molecule has 2 amide bonds. The summed E-state index contributed by atoms with van der Waals surface area (Å²) in [5, 5.41) is 7.91. The van der Waals surface area contributed by atoms with Crippen LogP contribution >= 0.6 is 23.2 Å². The molecule has 0 unspecified atom stereocenters. The van der Waals surface area contributed by atoms with Crippen molar-refractivity contribution >= 4 is 57.8 Å². The molecule has 6 nitrogen and oxygen atoms in total. The van der Waals surface area contributed by atoms with Gasteiger partial charge in [-0.3, -0.25) is 9.59 Å². The first-order chi connectivity index (χ1) is 13.3. The van der Waals surface area contributed by atoms with E-state index < -0.39 is 11.8 Å². The molecule has 3 aromatic rings. The van der Waals surface area contributed by atoms with E-state index in [4.69, 9.17) is 23.2 Å². The largest absolute Gasteiger partial charge is 0.329 e. The zero-order valence-electron chi connectivity index (χ0n) is 15.1. The molecule has 0 bridgehead atoms. The van der Waals surface area contributed by atoms with Gasteiger partial charge in [-0.2, -0.15) is 5.10 Å². The van der Waals surface area contributed by atoms with Crippen LogP contribution in [0.25, 0.3) is 10.9 Å². The molecule has 1 aromatic heterocycles. The highest BCUT2D eigenvalue weighted by Crippen LogP contribution is 2.23. The van der Waals surface area contributed by atoms with Crippen molar-refractivity contribution in [2.24, 2.45) is 5.10 Å². The number of carbonyl (C=O) groups is 2. The lowest BCUT2D eigenvalue weighted by Crippen LogP contribution is -2.32. The van der Waals surface area contributed by atoms with E-state index in [9.17, 15) is 9.59 Å². The molecule has 0 aliphatic carbocycles. The smallest absolute Gasteiger partial charge is 0.317 e. The number of halogens is 2. The van der Waals surface area contributed by atoms with Crippen LogP contribution in [0, 0.1) is 13.8 Å². The Morgan fingerprint density at radius 3 is 2.64 bits per heavy atom. The third-order valence-corrected chi connectivity index (χ3v) is 4.76. The lowest BCUT2D eigenvalue weighted by Gasteiger charge is -2.08. The van der Waals surface area contributed by atoms with Gasteiger partial charge in [0.15, 0.2) is 0 Å². The van der Waals surface area contributed by atoms with Crippen molar-refractivity contribution in [1.29, 1.82) is 0 Å². The van der Waals surface area contributed by atoms with Gasteiger partial charge in [0.2, 0.25) is 0 Å². The summed E-state index contributed by atoms with van der Waals surface area (Å²) in [7, 11) is 0. The van der Waals surface area contributed by atoms with Gasteiger partial charge in [0, 0.05) is 21.7 Å². The van der Waals surface area contributed by atoms with Crippen LogP contribution in [0.2, 0.25) is 10.2 Å². The number of fused-ring (bicyclic) bond motifs is 1. The van der Waals surface area contributed by atoms with Crippen LogP contribution in [0.1, 0.15) is 16.7 Å². The quantitative estimate of drug-likeness (QED) is 0.290. The normalized spacial score (nSPS) is 11.0. The number of aromatic nitrogens is 1. The van der Waals surface area contributed by atoms with Crippen LogP contribution in [0.5, 0.6) is 0 Å². The molecule has 8 heteroatoms. The second kappa shape index (κ2) is 8.37. The number of anilines is 1. The molecule has 0 atom stereocenters. The predicted molar refractivity (Wildman–Crippen MR) is 112 cm³/mol. The maximum atomic E-state index is 12.0. The Morgan fingerprint density at radius 2 is 1.86 bits per heavy atom. The SMILES string of the molecule is Cc1ccc2cc(/C=N\NC(=O)C(=O)Nc3cccc(Cl)c3C)c(Cl)nc2c1. The Hall–Kier alpha value is -2.96. The van der Waals surface area contributed by atoms with Gasteiger partial charge in [-0.1, -0.05) is 41.4 Å². The lowest BCUT2D eigenvalue weighted by molar-refractivity contribution is -0.136. The summed E-state index contributed by atoms with van der Waals surface area (Å²) in [6, 6.07) is 12.6. The minimum Gasteiger partial charge on any atom is -0.317 e. The van der Waals surface area contributed by atoms with E-state index >= 15 is 0 Å². The van der Waals surface area contributed by atoms with Gasteiger partial charge in [-0.25, -0.2) is 10.4 Å². The average molecular weight is 415 g/mol. The number of amides is 2. The van der Waals surface area contributed by atoms with Gasteiger partial charge in [-0.05, 0) is 49.2 Å². The molecular weight excluding hydrogens is 399 g/mol. The topological polar surface area (TPSA) is 83.5 Å². The average Bonchev–Trinajstić information content (AvgIpc) is 2.65. The Bertz CT molecular complexity index is 1110. The first-order valence-corrected chi connectivity index (χ1v) is 9.07. The number of nitrogens with zero attached hydrogens (tertiary/aromatic N) is 2. The first kappa shape index (κ1) is 19.8. The third kappa shape index (κ3) is 4.47. The number of aryl methyl sites for hydroxylation is 1. The molecule has 0 aliphatic heterocycles. The molecular formula is C20H16Cl2N4O2. The second-order valence-corrected chi connectivity index (χ2v) is 6.90. The molecule has 0 aliphatic rings. The highest BCUT2D eigenvalue weighted by molar-refractivity contribution is 6.40. The maximum absolute atomic E-state index is 12.0. The van der Waals surface area contributed by atoms with Crippen LogP contribution in [0.15, 0.2) is 47.6 Å². The lowest BCUT2D eigenvalue weighted by atomic mass is 10.1. The fourth-order valence-electron chi connectivity index (χ4n) is 2.49. The minimum absolute atomic E-state index is 0.245. The Kier molecular flexibility index (Phi) is 5.92. The molecule has 0 fully saturated rings. The standard InChI is InChI=1S/C20H16Cl2N4O2/c1-11-6-7-13-9-14(18(22)24-17(13)8-11)10-23-26-20(28)19(27)25-16-5-3-4-15(21)12(16)2/h3-10H,1-2H3,(H,25,27)(H,26,28)/b23-10-.